The van der Waals surface area contributed by atoms with Crippen molar-refractivity contribution in [2.24, 2.45) is 0 Å². The van der Waals surface area contributed by atoms with Gasteiger partial charge in [-0.05, 0) is 19.3 Å². The van der Waals surface area contributed by atoms with Gasteiger partial charge in [-0.1, -0.05) is 12.8 Å². The fraction of sp³-hybridized carbons (Fsp3) is 0.769. The average Bonchev–Trinajstić information content (AvgIpc) is 2.89. The minimum atomic E-state index is -0.889. The molecule has 0 aromatic rings. The molecule has 0 radical (unpaired) electrons. The van der Waals surface area contributed by atoms with Gasteiger partial charge < -0.3 is 15.3 Å². The summed E-state index contributed by atoms with van der Waals surface area (Å²) in [4.78, 5) is 35.9. The fourth-order valence-corrected chi connectivity index (χ4v) is 3.07. The molecule has 2 rings (SSSR count). The third kappa shape index (κ3) is 3.45. The summed E-state index contributed by atoms with van der Waals surface area (Å²) in [6.07, 6.45) is 4.57. The van der Waals surface area contributed by atoms with Gasteiger partial charge >= 0.3 is 5.97 Å². The number of hydrogen-bond donors (Lipinski definition) is 2. The van der Waals surface area contributed by atoms with Crippen LogP contribution >= 0.6 is 0 Å². The highest BCUT2D eigenvalue weighted by Gasteiger charge is 2.38. The van der Waals surface area contributed by atoms with Crippen molar-refractivity contribution in [2.75, 3.05) is 13.1 Å². The lowest BCUT2D eigenvalue weighted by atomic mass is 9.93. The molecule has 2 amide bonds. The Hall–Kier alpha value is -1.59. The Kier molecular flexibility index (Phi) is 4.07. The van der Waals surface area contributed by atoms with Crippen LogP contribution in [-0.4, -0.2) is 46.4 Å². The first-order chi connectivity index (χ1) is 9.01. The average molecular weight is 268 g/mol. The molecule has 0 bridgehead atoms. The molecule has 0 aromatic carbocycles. The fourth-order valence-electron chi connectivity index (χ4n) is 3.07. The van der Waals surface area contributed by atoms with E-state index >= 15 is 0 Å². The molecular weight excluding hydrogens is 248 g/mol. The maximum Gasteiger partial charge on any atom is 0.305 e. The molecule has 1 aliphatic carbocycles. The van der Waals surface area contributed by atoms with E-state index in [1.165, 1.54) is 0 Å². The minimum Gasteiger partial charge on any atom is -0.481 e. The van der Waals surface area contributed by atoms with Gasteiger partial charge in [-0.25, -0.2) is 0 Å². The van der Waals surface area contributed by atoms with Crippen molar-refractivity contribution in [3.8, 4) is 0 Å². The molecule has 6 nitrogen and oxygen atoms in total. The zero-order chi connectivity index (χ0) is 13.9. The van der Waals surface area contributed by atoms with Crippen LogP contribution in [0.25, 0.3) is 0 Å². The zero-order valence-corrected chi connectivity index (χ0v) is 11.0. The normalized spacial score (nSPS) is 21.7. The Morgan fingerprint density at radius 1 is 1.26 bits per heavy atom. The monoisotopic (exact) mass is 268 g/mol. The maximum atomic E-state index is 12.0. The molecule has 6 heteroatoms. The van der Waals surface area contributed by atoms with Crippen molar-refractivity contribution in [1.82, 2.24) is 10.2 Å². The first kappa shape index (κ1) is 13.8. The molecule has 0 unspecified atom stereocenters. The summed E-state index contributed by atoms with van der Waals surface area (Å²) in [5.74, 6) is -1.12. The molecule has 2 aliphatic rings. The molecule has 0 aromatic heterocycles. The van der Waals surface area contributed by atoms with E-state index < -0.39 is 11.5 Å². The number of hydrogen-bond acceptors (Lipinski definition) is 3. The Morgan fingerprint density at radius 3 is 2.47 bits per heavy atom. The van der Waals surface area contributed by atoms with Gasteiger partial charge in [0.05, 0.1) is 18.5 Å². The lowest BCUT2D eigenvalue weighted by Crippen LogP contribution is -2.51. The number of carboxylic acid groups (broad SMARTS) is 1. The van der Waals surface area contributed by atoms with Gasteiger partial charge in [-0.3, -0.25) is 14.4 Å². The molecule has 1 heterocycles. The molecule has 2 fully saturated rings. The summed E-state index contributed by atoms with van der Waals surface area (Å²) in [6, 6.07) is 0. The third-order valence-corrected chi connectivity index (χ3v) is 3.96. The van der Waals surface area contributed by atoms with E-state index in [-0.39, 0.29) is 24.8 Å². The molecule has 0 atom stereocenters. The molecule has 1 aliphatic heterocycles. The van der Waals surface area contributed by atoms with Crippen molar-refractivity contribution >= 4 is 17.8 Å². The van der Waals surface area contributed by atoms with E-state index in [9.17, 15) is 14.4 Å². The van der Waals surface area contributed by atoms with Crippen molar-refractivity contribution in [1.29, 1.82) is 0 Å². The summed E-state index contributed by atoms with van der Waals surface area (Å²) in [5, 5.41) is 11.8. The van der Waals surface area contributed by atoms with Gasteiger partial charge in [-0.15, -0.1) is 0 Å². The molecule has 2 N–H and O–H groups in total. The van der Waals surface area contributed by atoms with E-state index in [0.29, 0.717) is 25.8 Å². The highest BCUT2D eigenvalue weighted by atomic mass is 16.4. The first-order valence-electron chi connectivity index (χ1n) is 6.81. The summed E-state index contributed by atoms with van der Waals surface area (Å²) in [5.41, 5.74) is -0.605. The number of carbonyl (C=O) groups is 3. The van der Waals surface area contributed by atoms with Crippen LogP contribution < -0.4 is 5.32 Å². The van der Waals surface area contributed by atoms with Crippen LogP contribution in [0.15, 0.2) is 0 Å². The highest BCUT2D eigenvalue weighted by Crippen LogP contribution is 2.32. The number of carbonyl (C=O) groups excluding carboxylic acids is 2. The van der Waals surface area contributed by atoms with Crippen molar-refractivity contribution in [2.45, 2.75) is 50.5 Å². The maximum absolute atomic E-state index is 12.0. The van der Waals surface area contributed by atoms with E-state index in [1.54, 1.807) is 4.90 Å². The molecule has 106 valence electrons. The van der Waals surface area contributed by atoms with E-state index in [4.69, 9.17) is 5.11 Å². The summed E-state index contributed by atoms with van der Waals surface area (Å²) in [6.45, 7) is 0.679. The first-order valence-corrected chi connectivity index (χ1v) is 6.81. The van der Waals surface area contributed by atoms with Gasteiger partial charge in [0.15, 0.2) is 0 Å². The van der Waals surface area contributed by atoms with E-state index in [2.05, 4.69) is 5.32 Å². The van der Waals surface area contributed by atoms with Crippen molar-refractivity contribution in [3.05, 3.63) is 0 Å². The van der Waals surface area contributed by atoms with Gasteiger partial charge in [0, 0.05) is 13.0 Å². The van der Waals surface area contributed by atoms with Crippen molar-refractivity contribution in [3.63, 3.8) is 0 Å². The predicted octanol–water partition coefficient (Wildman–Crippen LogP) is 0.512. The second-order valence-corrected chi connectivity index (χ2v) is 5.52. The van der Waals surface area contributed by atoms with Gasteiger partial charge in [0.1, 0.15) is 0 Å². The number of carboxylic acids is 1. The number of nitrogens with zero attached hydrogens (tertiary/aromatic N) is 1. The van der Waals surface area contributed by atoms with Crippen LogP contribution in [0, 0.1) is 0 Å². The van der Waals surface area contributed by atoms with Gasteiger partial charge in [-0.2, -0.15) is 0 Å². The highest BCUT2D eigenvalue weighted by molar-refractivity contribution is 5.86. The Bertz CT molecular complexity index is 388. The minimum absolute atomic E-state index is 0.00820. The topological polar surface area (TPSA) is 86.7 Å². The lowest BCUT2D eigenvalue weighted by molar-refractivity contribution is -0.140. The zero-order valence-electron chi connectivity index (χ0n) is 11.0. The molecular formula is C13H20N2O4. The number of rotatable bonds is 5. The van der Waals surface area contributed by atoms with Crippen LogP contribution in [0.5, 0.6) is 0 Å². The quantitative estimate of drug-likeness (QED) is 0.760. The van der Waals surface area contributed by atoms with Crippen LogP contribution in [0.2, 0.25) is 0 Å². The molecule has 1 saturated carbocycles. The van der Waals surface area contributed by atoms with Gasteiger partial charge in [0.25, 0.3) is 0 Å². The van der Waals surface area contributed by atoms with Crippen LogP contribution in [-0.2, 0) is 14.4 Å². The Morgan fingerprint density at radius 2 is 1.95 bits per heavy atom. The summed E-state index contributed by atoms with van der Waals surface area (Å²) < 4.78 is 0. The second kappa shape index (κ2) is 5.59. The second-order valence-electron chi connectivity index (χ2n) is 5.52. The van der Waals surface area contributed by atoms with Crippen LogP contribution in [0.3, 0.4) is 0 Å². The van der Waals surface area contributed by atoms with Crippen LogP contribution in [0.4, 0.5) is 0 Å². The number of aliphatic carboxylic acids is 1. The van der Waals surface area contributed by atoms with Crippen LogP contribution in [0.1, 0.15) is 44.9 Å². The SMILES string of the molecule is O=C(O)CC1(NC(=O)CN2CCCC2=O)CCCC1. The standard InChI is InChI=1S/C13H20N2O4/c16-10(9-15-7-3-4-11(15)17)14-13(8-12(18)19)5-1-2-6-13/h1-9H2,(H,14,16)(H,18,19). The Labute approximate surface area is 112 Å². The van der Waals surface area contributed by atoms with E-state index in [0.717, 1.165) is 19.3 Å². The van der Waals surface area contributed by atoms with E-state index in [1.807, 2.05) is 0 Å². The predicted molar refractivity (Wildman–Crippen MR) is 67.4 cm³/mol. The van der Waals surface area contributed by atoms with Crippen molar-refractivity contribution < 1.29 is 19.5 Å². The number of amides is 2. The number of nitrogens with one attached hydrogen (secondary N) is 1. The molecule has 1 saturated heterocycles. The molecule has 0 spiro atoms. The third-order valence-electron chi connectivity index (χ3n) is 3.96. The smallest absolute Gasteiger partial charge is 0.305 e. The summed E-state index contributed by atoms with van der Waals surface area (Å²) >= 11 is 0. The number of likely N-dealkylation sites (tertiary alicyclic amines) is 1. The largest absolute Gasteiger partial charge is 0.481 e. The summed E-state index contributed by atoms with van der Waals surface area (Å²) in [7, 11) is 0. The Balaban J connectivity index is 1.91. The van der Waals surface area contributed by atoms with Gasteiger partial charge in [0.2, 0.25) is 11.8 Å². The lowest BCUT2D eigenvalue weighted by Gasteiger charge is -2.29. The molecule has 19 heavy (non-hydrogen) atoms.